The predicted octanol–water partition coefficient (Wildman–Crippen LogP) is 1.47. The molecule has 1 N–H and O–H groups in total. The fourth-order valence-electron chi connectivity index (χ4n) is 3.65. The van der Waals surface area contributed by atoms with E-state index in [9.17, 15) is 8.42 Å². The van der Waals surface area contributed by atoms with Gasteiger partial charge in [-0.1, -0.05) is 17.7 Å². The number of hydrogen-bond acceptors (Lipinski definition) is 6. The second-order valence-corrected chi connectivity index (χ2v) is 8.77. The molecule has 4 aromatic rings. The summed E-state index contributed by atoms with van der Waals surface area (Å²) in [7, 11) is -3.73. The number of pyridine rings is 1. The summed E-state index contributed by atoms with van der Waals surface area (Å²) in [5, 5.41) is 6.31. The highest BCUT2D eigenvalue weighted by Gasteiger charge is 2.22. The van der Waals surface area contributed by atoms with Crippen LogP contribution >= 0.6 is 0 Å². The number of hydrogen-bond donors (Lipinski definition) is 1. The molecule has 1 saturated heterocycles. The molecule has 5 rings (SSSR count). The quantitative estimate of drug-likeness (QED) is 0.565. The Morgan fingerprint density at radius 3 is 2.54 bits per heavy atom. The number of nitrogens with zero attached hydrogens (tertiary/aromatic N) is 5. The average Bonchev–Trinajstić information content (AvgIpc) is 3.33. The van der Waals surface area contributed by atoms with E-state index in [1.807, 2.05) is 11.6 Å². The van der Waals surface area contributed by atoms with Crippen molar-refractivity contribution >= 4 is 32.1 Å². The maximum absolute atomic E-state index is 13.2. The molecule has 0 bridgehead atoms. The van der Waals surface area contributed by atoms with Crippen molar-refractivity contribution in [1.82, 2.24) is 23.9 Å². The van der Waals surface area contributed by atoms with Crippen LogP contribution in [0.1, 0.15) is 5.56 Å². The Morgan fingerprint density at radius 2 is 1.79 bits per heavy atom. The number of nitrogens with one attached hydrogen (secondary N) is 1. The Hall–Kier alpha value is -2.91. The fourth-order valence-corrected chi connectivity index (χ4v) is 4.95. The van der Waals surface area contributed by atoms with Crippen molar-refractivity contribution < 1.29 is 8.42 Å². The SMILES string of the molecule is Cc1ccc(S(=O)(=O)n2ccc3c4c(cnc32)ncn4N2CCNCC2)cc1. The van der Waals surface area contributed by atoms with Crippen LogP contribution in [0.4, 0.5) is 0 Å². The highest BCUT2D eigenvalue weighted by atomic mass is 32.2. The summed E-state index contributed by atoms with van der Waals surface area (Å²) in [5.74, 6) is 0. The van der Waals surface area contributed by atoms with E-state index in [0.717, 1.165) is 48.2 Å². The van der Waals surface area contributed by atoms with Crippen LogP contribution in [0, 0.1) is 6.92 Å². The zero-order valence-corrected chi connectivity index (χ0v) is 16.2. The summed E-state index contributed by atoms with van der Waals surface area (Å²) in [6, 6.07) is 8.64. The normalized spacial score (nSPS) is 15.5. The molecule has 1 aliphatic heterocycles. The van der Waals surface area contributed by atoms with Gasteiger partial charge in [0, 0.05) is 37.8 Å². The third kappa shape index (κ3) is 2.58. The van der Waals surface area contributed by atoms with E-state index in [4.69, 9.17) is 0 Å². The van der Waals surface area contributed by atoms with Crippen molar-refractivity contribution in [2.45, 2.75) is 11.8 Å². The topological polar surface area (TPSA) is 85.0 Å². The van der Waals surface area contributed by atoms with Gasteiger partial charge in [0.25, 0.3) is 10.0 Å². The number of aryl methyl sites for hydroxylation is 1. The van der Waals surface area contributed by atoms with Crippen LogP contribution in [-0.4, -0.2) is 53.2 Å². The monoisotopic (exact) mass is 396 g/mol. The summed E-state index contributed by atoms with van der Waals surface area (Å²) in [4.78, 5) is 9.12. The summed E-state index contributed by atoms with van der Waals surface area (Å²) < 4.78 is 29.6. The summed E-state index contributed by atoms with van der Waals surface area (Å²) in [5.41, 5.74) is 3.04. The highest BCUT2D eigenvalue weighted by Crippen LogP contribution is 2.27. The Morgan fingerprint density at radius 1 is 1.04 bits per heavy atom. The van der Waals surface area contributed by atoms with Gasteiger partial charge in [0.05, 0.1) is 11.1 Å². The molecule has 1 fully saturated rings. The largest absolute Gasteiger partial charge is 0.313 e. The van der Waals surface area contributed by atoms with Gasteiger partial charge in [0.15, 0.2) is 5.65 Å². The molecule has 0 aliphatic carbocycles. The number of benzene rings is 1. The molecule has 1 aliphatic rings. The second kappa shape index (κ2) is 6.32. The third-order valence-corrected chi connectivity index (χ3v) is 6.82. The van der Waals surface area contributed by atoms with E-state index < -0.39 is 10.0 Å². The van der Waals surface area contributed by atoms with Crippen molar-refractivity contribution in [1.29, 1.82) is 0 Å². The minimum Gasteiger partial charge on any atom is -0.313 e. The first-order valence-electron chi connectivity index (χ1n) is 9.17. The molecule has 0 saturated carbocycles. The van der Waals surface area contributed by atoms with Crippen LogP contribution in [0.15, 0.2) is 53.9 Å². The molecule has 144 valence electrons. The molecule has 0 unspecified atom stereocenters. The number of rotatable bonds is 3. The Kier molecular flexibility index (Phi) is 3.88. The van der Waals surface area contributed by atoms with Crippen LogP contribution in [0.5, 0.6) is 0 Å². The lowest BCUT2D eigenvalue weighted by molar-refractivity contribution is 0.499. The van der Waals surface area contributed by atoms with Crippen LogP contribution < -0.4 is 10.3 Å². The number of fused-ring (bicyclic) bond motifs is 3. The molecular formula is C19H20N6O2S. The molecule has 0 atom stereocenters. The summed E-state index contributed by atoms with van der Waals surface area (Å²) in [6.45, 7) is 5.44. The zero-order valence-electron chi connectivity index (χ0n) is 15.4. The highest BCUT2D eigenvalue weighted by molar-refractivity contribution is 7.90. The smallest absolute Gasteiger partial charge is 0.269 e. The van der Waals surface area contributed by atoms with Crippen LogP contribution in [0.3, 0.4) is 0 Å². The first kappa shape index (κ1) is 17.2. The Labute approximate surface area is 162 Å². The molecule has 0 spiro atoms. The van der Waals surface area contributed by atoms with Gasteiger partial charge in [-0.3, -0.25) is 0 Å². The number of piperazine rings is 1. The van der Waals surface area contributed by atoms with Gasteiger partial charge in [-0.15, -0.1) is 0 Å². The minimum absolute atomic E-state index is 0.244. The molecule has 0 radical (unpaired) electrons. The minimum atomic E-state index is -3.73. The van der Waals surface area contributed by atoms with Crippen molar-refractivity contribution in [2.75, 3.05) is 31.2 Å². The van der Waals surface area contributed by atoms with E-state index in [1.165, 1.54) is 3.97 Å². The fraction of sp³-hybridized carbons (Fsp3) is 0.263. The van der Waals surface area contributed by atoms with Crippen molar-refractivity contribution in [3.63, 3.8) is 0 Å². The molecule has 4 heterocycles. The lowest BCUT2D eigenvalue weighted by Crippen LogP contribution is -2.48. The van der Waals surface area contributed by atoms with Gasteiger partial charge in [0.1, 0.15) is 17.4 Å². The average molecular weight is 396 g/mol. The van der Waals surface area contributed by atoms with E-state index in [1.54, 1.807) is 49.1 Å². The standard InChI is InChI=1S/C19H20N6O2S/c1-14-2-4-15(5-3-14)28(26,27)25-9-6-16-18-17(12-21-19(16)25)22-13-24(18)23-10-7-20-8-11-23/h2-6,9,12-13,20H,7-8,10-11H2,1H3. The van der Waals surface area contributed by atoms with Crippen molar-refractivity contribution in [3.8, 4) is 0 Å². The van der Waals surface area contributed by atoms with E-state index in [0.29, 0.717) is 5.65 Å². The lowest BCUT2D eigenvalue weighted by Gasteiger charge is -2.30. The first-order valence-corrected chi connectivity index (χ1v) is 10.6. The maximum atomic E-state index is 13.2. The first-order chi connectivity index (χ1) is 13.6. The van der Waals surface area contributed by atoms with Crippen LogP contribution in [-0.2, 0) is 10.0 Å². The van der Waals surface area contributed by atoms with Gasteiger partial charge < -0.3 is 10.3 Å². The Bertz CT molecular complexity index is 1270. The van der Waals surface area contributed by atoms with Gasteiger partial charge in [-0.05, 0) is 25.1 Å². The Balaban J connectivity index is 1.69. The molecule has 0 amide bonds. The third-order valence-electron chi connectivity index (χ3n) is 5.14. The number of imidazole rings is 1. The lowest BCUT2D eigenvalue weighted by atomic mass is 10.2. The second-order valence-electron chi connectivity index (χ2n) is 6.95. The molecule has 8 nitrogen and oxygen atoms in total. The van der Waals surface area contributed by atoms with Gasteiger partial charge in [0.2, 0.25) is 0 Å². The summed E-state index contributed by atoms with van der Waals surface area (Å²) >= 11 is 0. The van der Waals surface area contributed by atoms with Crippen LogP contribution in [0.25, 0.3) is 22.1 Å². The molecule has 28 heavy (non-hydrogen) atoms. The van der Waals surface area contributed by atoms with Crippen molar-refractivity contribution in [3.05, 3.63) is 54.6 Å². The summed E-state index contributed by atoms with van der Waals surface area (Å²) in [6.07, 6.45) is 4.99. The van der Waals surface area contributed by atoms with Crippen LogP contribution in [0.2, 0.25) is 0 Å². The van der Waals surface area contributed by atoms with Gasteiger partial charge >= 0.3 is 0 Å². The molecule has 9 heteroatoms. The van der Waals surface area contributed by atoms with E-state index >= 15 is 0 Å². The molecular weight excluding hydrogens is 376 g/mol. The van der Waals surface area contributed by atoms with Crippen molar-refractivity contribution in [2.24, 2.45) is 0 Å². The maximum Gasteiger partial charge on any atom is 0.269 e. The molecule has 3 aromatic heterocycles. The molecule has 1 aromatic carbocycles. The van der Waals surface area contributed by atoms with Gasteiger partial charge in [-0.2, -0.15) is 0 Å². The van der Waals surface area contributed by atoms with Gasteiger partial charge in [-0.25, -0.2) is 27.0 Å². The van der Waals surface area contributed by atoms with E-state index in [2.05, 4.69) is 20.3 Å². The number of aromatic nitrogens is 4. The van der Waals surface area contributed by atoms with E-state index in [-0.39, 0.29) is 4.90 Å². The predicted molar refractivity (Wildman–Crippen MR) is 108 cm³/mol. The zero-order chi connectivity index (χ0) is 19.3.